The molecule has 2 atom stereocenters. The average Bonchev–Trinajstić information content (AvgIpc) is 2.84. The van der Waals surface area contributed by atoms with Crippen LogP contribution in [0.15, 0.2) is 41.5 Å². The number of ether oxygens (including phenoxy) is 1. The number of carbonyl (C=O) groups excluding carboxylic acids is 1. The number of halogens is 2. The first kappa shape index (κ1) is 24.8. The number of amidine groups is 1. The molecular weight excluding hydrogens is 472 g/mol. The number of thioether (sulfide) groups is 1. The summed E-state index contributed by atoms with van der Waals surface area (Å²) < 4.78 is 34.3. The second kappa shape index (κ2) is 9.76. The van der Waals surface area contributed by atoms with E-state index < -0.39 is 21.9 Å². The number of aliphatic imine (C=N–C) groups is 1. The van der Waals surface area contributed by atoms with E-state index in [2.05, 4.69) is 14.8 Å². The van der Waals surface area contributed by atoms with Gasteiger partial charge in [0.15, 0.2) is 5.17 Å². The first-order valence-corrected chi connectivity index (χ1v) is 11.9. The molecule has 7 nitrogen and oxygen atoms in total. The molecule has 0 radical (unpaired) electrons. The minimum absolute atomic E-state index is 0.0644. The Morgan fingerprint density at radius 3 is 2.69 bits per heavy atom. The Labute approximate surface area is 206 Å². The zero-order chi connectivity index (χ0) is 25.2. The van der Waals surface area contributed by atoms with Crippen molar-refractivity contribution >= 4 is 40.4 Å². The lowest BCUT2D eigenvalue weighted by molar-refractivity contribution is -0.138. The predicted octanol–water partition coefficient (Wildman–Crippen LogP) is 4.52. The van der Waals surface area contributed by atoms with Crippen molar-refractivity contribution in [1.29, 1.82) is 0 Å². The number of hydrogen-bond donors (Lipinski definition) is 1. The molecule has 2 aromatic rings. The van der Waals surface area contributed by atoms with Gasteiger partial charge in [0.05, 0.1) is 31.0 Å². The van der Waals surface area contributed by atoms with Gasteiger partial charge in [-0.2, -0.15) is 0 Å². The van der Waals surface area contributed by atoms with Gasteiger partial charge in [0, 0.05) is 31.3 Å². The van der Waals surface area contributed by atoms with Crippen molar-refractivity contribution in [2.24, 2.45) is 10.7 Å². The van der Waals surface area contributed by atoms with Gasteiger partial charge >= 0.3 is 0 Å². The number of benzene rings is 1. The molecule has 1 amide bonds. The third-order valence-electron chi connectivity index (χ3n) is 6.10. The van der Waals surface area contributed by atoms with Crippen LogP contribution in [0.25, 0.3) is 16.7 Å². The highest BCUT2D eigenvalue weighted by atomic mass is 32.2. The van der Waals surface area contributed by atoms with Crippen LogP contribution in [-0.4, -0.2) is 52.0 Å². The Hall–Kier alpha value is -3.29. The van der Waals surface area contributed by atoms with E-state index in [4.69, 9.17) is 17.0 Å². The van der Waals surface area contributed by atoms with Gasteiger partial charge in [0.1, 0.15) is 16.4 Å². The zero-order valence-corrected chi connectivity index (χ0v) is 20.2. The number of carbonyl (C=O) groups is 1. The number of amides is 1. The SMILES string of the molecule is [C-]#[N+]c1ccc(/C(F)=C/c2ccc(F)c([C@]3(C)C[C@@](C)(C(=O)N4CCOCC4)SC(N)=N3)c2)nc1. The van der Waals surface area contributed by atoms with Crippen molar-refractivity contribution in [3.63, 3.8) is 0 Å². The molecule has 3 heterocycles. The predicted molar refractivity (Wildman–Crippen MR) is 133 cm³/mol. The molecule has 1 saturated heterocycles. The normalized spacial score (nSPS) is 25.1. The van der Waals surface area contributed by atoms with Gasteiger partial charge in [0.2, 0.25) is 11.6 Å². The standard InChI is InChI=1S/C25H25F2N5O2S/c1-24(15-25(2,35-23(28)31-24)22(33)32-8-10-34-11-9-32)18-12-16(4-6-19(18)26)13-20(27)21-7-5-17(29-3)14-30-21/h4-7,12-14H,8-11,15H2,1-2H3,(H2,28,31)/b20-13-/t24-,25-/m0/s1. The summed E-state index contributed by atoms with van der Waals surface area (Å²) in [6.45, 7) is 12.4. The third kappa shape index (κ3) is 5.21. The van der Waals surface area contributed by atoms with Crippen LogP contribution in [0.2, 0.25) is 0 Å². The molecule has 10 heteroatoms. The van der Waals surface area contributed by atoms with Crippen LogP contribution in [0, 0.1) is 12.4 Å². The van der Waals surface area contributed by atoms with Crippen LogP contribution in [0.3, 0.4) is 0 Å². The number of pyridine rings is 1. The molecule has 0 bridgehead atoms. The van der Waals surface area contributed by atoms with E-state index in [0.29, 0.717) is 37.6 Å². The number of nitrogens with zero attached hydrogens (tertiary/aromatic N) is 4. The monoisotopic (exact) mass is 497 g/mol. The highest BCUT2D eigenvalue weighted by Crippen LogP contribution is 2.47. The van der Waals surface area contributed by atoms with Gasteiger partial charge in [-0.15, -0.1) is 0 Å². The zero-order valence-electron chi connectivity index (χ0n) is 19.4. The lowest BCUT2D eigenvalue weighted by atomic mass is 9.81. The Balaban J connectivity index is 1.66. The van der Waals surface area contributed by atoms with Crippen LogP contribution >= 0.6 is 11.8 Å². The van der Waals surface area contributed by atoms with Crippen LogP contribution in [-0.2, 0) is 15.1 Å². The fraction of sp³-hybridized carbons (Fsp3) is 0.360. The van der Waals surface area contributed by atoms with Crippen LogP contribution in [0.1, 0.15) is 37.1 Å². The van der Waals surface area contributed by atoms with E-state index >= 15 is 4.39 Å². The second-order valence-corrected chi connectivity index (χ2v) is 10.4. The van der Waals surface area contributed by atoms with Gasteiger partial charge in [0.25, 0.3) is 0 Å². The van der Waals surface area contributed by atoms with Crippen molar-refractivity contribution in [2.75, 3.05) is 26.3 Å². The van der Waals surface area contributed by atoms with Crippen LogP contribution in [0.4, 0.5) is 14.5 Å². The van der Waals surface area contributed by atoms with Gasteiger partial charge in [-0.1, -0.05) is 23.9 Å². The van der Waals surface area contributed by atoms with E-state index in [9.17, 15) is 9.18 Å². The number of rotatable bonds is 4. The molecule has 2 aliphatic rings. The van der Waals surface area contributed by atoms with Gasteiger partial charge < -0.3 is 15.4 Å². The summed E-state index contributed by atoms with van der Waals surface area (Å²) in [7, 11) is 0. The summed E-state index contributed by atoms with van der Waals surface area (Å²) >= 11 is 1.18. The van der Waals surface area contributed by atoms with Gasteiger partial charge in [-0.25, -0.2) is 13.6 Å². The third-order valence-corrected chi connectivity index (χ3v) is 7.17. The number of morpholine rings is 1. The fourth-order valence-electron chi connectivity index (χ4n) is 4.46. The molecule has 1 aromatic carbocycles. The summed E-state index contributed by atoms with van der Waals surface area (Å²) in [4.78, 5) is 26.9. The fourth-order valence-corrected chi connectivity index (χ4v) is 5.74. The maximum absolute atomic E-state index is 15.1. The van der Waals surface area contributed by atoms with Crippen LogP contribution < -0.4 is 5.73 Å². The van der Waals surface area contributed by atoms with Crippen molar-refractivity contribution in [3.8, 4) is 0 Å². The van der Waals surface area contributed by atoms with Gasteiger partial charge in [-0.3, -0.25) is 14.8 Å². The average molecular weight is 498 g/mol. The lowest BCUT2D eigenvalue weighted by Gasteiger charge is -2.43. The van der Waals surface area contributed by atoms with E-state index in [0.717, 1.165) is 0 Å². The van der Waals surface area contributed by atoms with Gasteiger partial charge in [-0.05, 0) is 43.7 Å². The molecule has 182 valence electrons. The maximum Gasteiger partial charge on any atom is 0.239 e. The quantitative estimate of drug-likeness (QED) is 0.628. The summed E-state index contributed by atoms with van der Waals surface area (Å²) in [6, 6.07) is 7.12. The molecule has 0 aliphatic carbocycles. The molecule has 0 saturated carbocycles. The molecule has 1 fully saturated rings. The minimum atomic E-state index is -1.13. The van der Waals surface area contributed by atoms with E-state index in [1.807, 2.05) is 0 Å². The largest absolute Gasteiger partial charge is 0.378 e. The van der Waals surface area contributed by atoms with E-state index in [1.54, 1.807) is 18.7 Å². The Morgan fingerprint density at radius 2 is 2.03 bits per heavy atom. The highest BCUT2D eigenvalue weighted by molar-refractivity contribution is 8.15. The van der Waals surface area contributed by atoms with E-state index in [-0.39, 0.29) is 28.8 Å². The van der Waals surface area contributed by atoms with Crippen molar-refractivity contribution in [2.45, 2.75) is 30.6 Å². The molecule has 0 spiro atoms. The number of hydrogen-bond acceptors (Lipinski definition) is 6. The molecule has 2 aliphatic heterocycles. The second-order valence-electron chi connectivity index (χ2n) is 8.88. The molecule has 2 N–H and O–H groups in total. The molecular formula is C25H25F2N5O2S. The molecule has 0 unspecified atom stereocenters. The summed E-state index contributed by atoms with van der Waals surface area (Å²) in [6.07, 6.45) is 2.75. The van der Waals surface area contributed by atoms with E-state index in [1.165, 1.54) is 54.4 Å². The number of aromatic nitrogens is 1. The summed E-state index contributed by atoms with van der Waals surface area (Å²) in [5, 5.41) is 0.193. The Morgan fingerprint density at radius 1 is 1.29 bits per heavy atom. The molecule has 4 rings (SSSR count). The molecule has 1 aromatic heterocycles. The first-order valence-electron chi connectivity index (χ1n) is 11.1. The highest BCUT2D eigenvalue weighted by Gasteiger charge is 2.49. The number of nitrogens with two attached hydrogens (primary N) is 1. The van der Waals surface area contributed by atoms with Crippen molar-refractivity contribution in [3.05, 3.63) is 70.6 Å². The first-order chi connectivity index (χ1) is 16.6. The topological polar surface area (TPSA) is 85.2 Å². The Bertz CT molecular complexity index is 1240. The smallest absolute Gasteiger partial charge is 0.239 e. The van der Waals surface area contributed by atoms with Crippen LogP contribution in [0.5, 0.6) is 0 Å². The van der Waals surface area contributed by atoms with Crippen molar-refractivity contribution in [1.82, 2.24) is 9.88 Å². The van der Waals surface area contributed by atoms with Crippen molar-refractivity contribution < 1.29 is 18.3 Å². The Kier molecular flexibility index (Phi) is 6.92. The minimum Gasteiger partial charge on any atom is -0.378 e. The lowest BCUT2D eigenvalue weighted by Crippen LogP contribution is -2.54. The summed E-state index contributed by atoms with van der Waals surface area (Å²) in [5.41, 5.74) is 6.02. The maximum atomic E-state index is 15.1. The molecule has 35 heavy (non-hydrogen) atoms. The summed E-state index contributed by atoms with van der Waals surface area (Å²) in [5.74, 6) is -1.24.